The van der Waals surface area contributed by atoms with E-state index in [0.717, 1.165) is 16.7 Å². The van der Waals surface area contributed by atoms with Crippen LogP contribution in [0.3, 0.4) is 0 Å². The molecular formula is C19H24N4O3. The molecule has 2 atom stereocenters. The van der Waals surface area contributed by atoms with Crippen LogP contribution in [0.1, 0.15) is 35.6 Å². The number of hydrogen-bond donors (Lipinski definition) is 2. The van der Waals surface area contributed by atoms with Gasteiger partial charge in [-0.1, -0.05) is 17.7 Å². The first-order valence-corrected chi connectivity index (χ1v) is 8.69. The van der Waals surface area contributed by atoms with E-state index in [1.54, 1.807) is 10.9 Å². The van der Waals surface area contributed by atoms with Gasteiger partial charge in [0.05, 0.1) is 18.3 Å². The molecule has 26 heavy (non-hydrogen) atoms. The van der Waals surface area contributed by atoms with Gasteiger partial charge in [-0.25, -0.2) is 0 Å². The highest BCUT2D eigenvalue weighted by Crippen LogP contribution is 2.24. The number of piperidine rings is 1. The SMILES string of the molecule is Cc1ccc(OCC(=O)N[C@@H]2CCC(=O)N[C@H]2c2cnn(C)c2)c(C)c1. The van der Waals surface area contributed by atoms with Crippen molar-refractivity contribution in [2.75, 3.05) is 6.61 Å². The van der Waals surface area contributed by atoms with Crippen LogP contribution in [0.5, 0.6) is 5.75 Å². The fraction of sp³-hybridized carbons (Fsp3) is 0.421. The van der Waals surface area contributed by atoms with Crippen molar-refractivity contribution in [3.8, 4) is 5.75 Å². The van der Waals surface area contributed by atoms with Crippen molar-refractivity contribution in [2.45, 2.75) is 38.8 Å². The van der Waals surface area contributed by atoms with E-state index in [9.17, 15) is 9.59 Å². The smallest absolute Gasteiger partial charge is 0.258 e. The van der Waals surface area contributed by atoms with E-state index >= 15 is 0 Å². The Morgan fingerprint density at radius 3 is 2.92 bits per heavy atom. The molecular weight excluding hydrogens is 332 g/mol. The standard InChI is InChI=1S/C19H24N4O3/c1-12-4-6-16(13(2)8-12)26-11-18(25)21-15-5-7-17(24)22-19(15)14-9-20-23(3)10-14/h4,6,8-10,15,19H,5,7,11H2,1-3H3,(H,21,25)(H,22,24)/t15-,19+/m1/s1. The predicted molar refractivity (Wildman–Crippen MR) is 96.7 cm³/mol. The summed E-state index contributed by atoms with van der Waals surface area (Å²) < 4.78 is 7.32. The molecule has 7 nitrogen and oxygen atoms in total. The van der Waals surface area contributed by atoms with E-state index in [-0.39, 0.29) is 30.5 Å². The molecule has 1 aliphatic heterocycles. The number of carbonyl (C=O) groups is 2. The van der Waals surface area contributed by atoms with E-state index in [4.69, 9.17) is 4.74 Å². The van der Waals surface area contributed by atoms with Crippen LogP contribution < -0.4 is 15.4 Å². The predicted octanol–water partition coefficient (Wildman–Crippen LogP) is 1.55. The van der Waals surface area contributed by atoms with Crippen molar-refractivity contribution < 1.29 is 14.3 Å². The lowest BCUT2D eigenvalue weighted by atomic mass is 9.93. The first kappa shape index (κ1) is 18.0. The molecule has 0 aliphatic carbocycles. The number of hydrogen-bond acceptors (Lipinski definition) is 4. The highest BCUT2D eigenvalue weighted by atomic mass is 16.5. The molecule has 7 heteroatoms. The zero-order valence-corrected chi connectivity index (χ0v) is 15.3. The average molecular weight is 356 g/mol. The summed E-state index contributed by atoms with van der Waals surface area (Å²) in [6.07, 6.45) is 4.53. The van der Waals surface area contributed by atoms with Gasteiger partial charge in [-0.05, 0) is 31.9 Å². The second-order valence-electron chi connectivity index (χ2n) is 6.76. The molecule has 3 rings (SSSR count). The zero-order chi connectivity index (χ0) is 18.7. The molecule has 0 radical (unpaired) electrons. The Hall–Kier alpha value is -2.83. The Bertz CT molecular complexity index is 815. The minimum absolute atomic E-state index is 0.0177. The number of nitrogens with one attached hydrogen (secondary N) is 2. The van der Waals surface area contributed by atoms with E-state index in [1.165, 1.54) is 0 Å². The Morgan fingerprint density at radius 1 is 1.42 bits per heavy atom. The number of ether oxygens (including phenoxy) is 1. The zero-order valence-electron chi connectivity index (χ0n) is 15.3. The van der Waals surface area contributed by atoms with Gasteiger partial charge < -0.3 is 15.4 Å². The lowest BCUT2D eigenvalue weighted by molar-refractivity contribution is -0.128. The number of carbonyl (C=O) groups excluding carboxylic acids is 2. The molecule has 1 saturated heterocycles. The first-order valence-electron chi connectivity index (χ1n) is 8.69. The Morgan fingerprint density at radius 2 is 2.23 bits per heavy atom. The molecule has 138 valence electrons. The van der Waals surface area contributed by atoms with Crippen LogP contribution in [0.15, 0.2) is 30.6 Å². The Labute approximate surface area is 152 Å². The van der Waals surface area contributed by atoms with Crippen LogP contribution in [0, 0.1) is 13.8 Å². The van der Waals surface area contributed by atoms with Crippen LogP contribution in [-0.2, 0) is 16.6 Å². The largest absolute Gasteiger partial charge is 0.484 e. The maximum atomic E-state index is 12.4. The summed E-state index contributed by atoms with van der Waals surface area (Å²) in [6, 6.07) is 5.37. The fourth-order valence-electron chi connectivity index (χ4n) is 3.22. The van der Waals surface area contributed by atoms with Gasteiger partial charge in [-0.2, -0.15) is 5.10 Å². The molecule has 2 aromatic rings. The van der Waals surface area contributed by atoms with Gasteiger partial charge in [0.25, 0.3) is 5.91 Å². The monoisotopic (exact) mass is 356 g/mol. The van der Waals surface area contributed by atoms with Crippen molar-refractivity contribution in [3.05, 3.63) is 47.3 Å². The average Bonchev–Trinajstić information content (AvgIpc) is 3.02. The second kappa shape index (κ2) is 7.59. The summed E-state index contributed by atoms with van der Waals surface area (Å²) in [5.74, 6) is 0.474. The van der Waals surface area contributed by atoms with E-state index in [2.05, 4.69) is 15.7 Å². The highest BCUT2D eigenvalue weighted by molar-refractivity contribution is 5.80. The van der Waals surface area contributed by atoms with Gasteiger partial charge in [0, 0.05) is 25.2 Å². The first-order chi connectivity index (χ1) is 12.4. The number of benzene rings is 1. The summed E-state index contributed by atoms with van der Waals surface area (Å²) in [6.45, 7) is 3.91. The number of nitrogens with zero attached hydrogens (tertiary/aromatic N) is 2. The normalized spacial score (nSPS) is 19.7. The Balaban J connectivity index is 1.62. The van der Waals surface area contributed by atoms with E-state index < -0.39 is 0 Å². The number of aromatic nitrogens is 2. The lowest BCUT2D eigenvalue weighted by Crippen LogP contribution is -2.51. The van der Waals surface area contributed by atoms with Crippen molar-refractivity contribution in [1.29, 1.82) is 0 Å². The second-order valence-corrected chi connectivity index (χ2v) is 6.76. The topological polar surface area (TPSA) is 85.2 Å². The van der Waals surface area contributed by atoms with Crippen molar-refractivity contribution in [2.24, 2.45) is 7.05 Å². The number of aryl methyl sites for hydroxylation is 3. The number of rotatable bonds is 5. The summed E-state index contributed by atoms with van der Waals surface area (Å²) in [5, 5.41) is 10.1. The van der Waals surface area contributed by atoms with Crippen LogP contribution >= 0.6 is 0 Å². The maximum Gasteiger partial charge on any atom is 0.258 e. The van der Waals surface area contributed by atoms with Gasteiger partial charge >= 0.3 is 0 Å². The Kier molecular flexibility index (Phi) is 5.25. The third-order valence-corrected chi connectivity index (χ3v) is 4.52. The summed E-state index contributed by atoms with van der Waals surface area (Å²) in [7, 11) is 1.82. The minimum Gasteiger partial charge on any atom is -0.484 e. The van der Waals surface area contributed by atoms with E-state index in [0.29, 0.717) is 18.6 Å². The third-order valence-electron chi connectivity index (χ3n) is 4.52. The molecule has 1 aromatic carbocycles. The minimum atomic E-state index is -0.282. The van der Waals surface area contributed by atoms with Crippen LogP contribution in [0.25, 0.3) is 0 Å². The van der Waals surface area contributed by atoms with E-state index in [1.807, 2.05) is 45.3 Å². The van der Waals surface area contributed by atoms with Crippen molar-refractivity contribution >= 4 is 11.8 Å². The molecule has 2 heterocycles. The van der Waals surface area contributed by atoms with Gasteiger partial charge in [-0.15, -0.1) is 0 Å². The molecule has 2 N–H and O–H groups in total. The highest BCUT2D eigenvalue weighted by Gasteiger charge is 2.31. The van der Waals surface area contributed by atoms with Gasteiger partial charge in [0.15, 0.2) is 6.61 Å². The maximum absolute atomic E-state index is 12.4. The summed E-state index contributed by atoms with van der Waals surface area (Å²) in [5.41, 5.74) is 3.02. The molecule has 0 bridgehead atoms. The van der Waals surface area contributed by atoms with Crippen LogP contribution in [0.4, 0.5) is 0 Å². The van der Waals surface area contributed by atoms with Crippen LogP contribution in [0.2, 0.25) is 0 Å². The quantitative estimate of drug-likeness (QED) is 0.851. The molecule has 0 unspecified atom stereocenters. The fourth-order valence-corrected chi connectivity index (χ4v) is 3.22. The molecule has 1 aromatic heterocycles. The third kappa shape index (κ3) is 4.22. The van der Waals surface area contributed by atoms with Gasteiger partial charge in [0.1, 0.15) is 5.75 Å². The molecule has 1 fully saturated rings. The van der Waals surface area contributed by atoms with Crippen LogP contribution in [-0.4, -0.2) is 34.2 Å². The van der Waals surface area contributed by atoms with Crippen molar-refractivity contribution in [1.82, 2.24) is 20.4 Å². The van der Waals surface area contributed by atoms with Gasteiger partial charge in [0.2, 0.25) is 5.91 Å². The molecule has 0 spiro atoms. The molecule has 2 amide bonds. The molecule has 1 aliphatic rings. The molecule has 0 saturated carbocycles. The summed E-state index contributed by atoms with van der Waals surface area (Å²) >= 11 is 0. The number of amides is 2. The van der Waals surface area contributed by atoms with Gasteiger partial charge in [-0.3, -0.25) is 14.3 Å². The lowest BCUT2D eigenvalue weighted by Gasteiger charge is -2.32. The summed E-state index contributed by atoms with van der Waals surface area (Å²) in [4.78, 5) is 24.1. The van der Waals surface area contributed by atoms with Crippen molar-refractivity contribution in [3.63, 3.8) is 0 Å².